The van der Waals surface area contributed by atoms with Crippen LogP contribution >= 0.6 is 0 Å². The molecular weight excluding hydrogens is 386 g/mol. The summed E-state index contributed by atoms with van der Waals surface area (Å²) in [7, 11) is 1.65. The van der Waals surface area contributed by atoms with Gasteiger partial charge in [-0.1, -0.05) is 0 Å². The minimum atomic E-state index is -0.806. The molecule has 0 saturated carbocycles. The molecule has 160 valence electrons. The highest BCUT2D eigenvalue weighted by Gasteiger charge is 2.46. The number of methoxy groups -OCH3 is 1. The number of nitro benzene ring substituents is 1. The van der Waals surface area contributed by atoms with Crippen LogP contribution in [0.5, 0.6) is 11.5 Å². The Morgan fingerprint density at radius 1 is 1.13 bits per heavy atom. The Bertz CT molecular complexity index is 923. The Labute approximate surface area is 175 Å². The van der Waals surface area contributed by atoms with Crippen molar-refractivity contribution in [1.29, 1.82) is 0 Å². The average Bonchev–Trinajstić information content (AvgIpc) is 2.74. The van der Waals surface area contributed by atoms with Gasteiger partial charge in [0.15, 0.2) is 0 Å². The van der Waals surface area contributed by atoms with E-state index in [1.807, 2.05) is 38.1 Å². The predicted octanol–water partition coefficient (Wildman–Crippen LogP) is 3.00. The smallest absolute Gasteiger partial charge is 0.270 e. The Morgan fingerprint density at radius 3 is 2.40 bits per heavy atom. The van der Waals surface area contributed by atoms with E-state index < -0.39 is 16.6 Å². The number of ether oxygens (including phenoxy) is 2. The third kappa shape index (κ3) is 3.68. The summed E-state index contributed by atoms with van der Waals surface area (Å²) in [6.07, 6.45) is -0.806. The first-order chi connectivity index (χ1) is 14.3. The number of benzene rings is 2. The van der Waals surface area contributed by atoms with Crippen molar-refractivity contribution >= 4 is 11.4 Å². The van der Waals surface area contributed by atoms with E-state index in [9.17, 15) is 15.2 Å². The molecule has 2 aliphatic rings. The molecule has 8 heteroatoms. The van der Waals surface area contributed by atoms with Crippen molar-refractivity contribution in [2.45, 2.75) is 31.6 Å². The summed E-state index contributed by atoms with van der Waals surface area (Å²) in [6.45, 7) is 6.74. The molecule has 0 aliphatic carbocycles. The number of aliphatic hydroxyl groups excluding tert-OH is 1. The fourth-order valence-corrected chi connectivity index (χ4v) is 4.32. The molecule has 1 N–H and O–H groups in total. The van der Waals surface area contributed by atoms with Gasteiger partial charge in [0.1, 0.15) is 23.2 Å². The lowest BCUT2D eigenvalue weighted by Crippen LogP contribution is -2.57. The molecule has 0 aromatic heterocycles. The largest absolute Gasteiger partial charge is 0.497 e. The number of nitro groups is 1. The van der Waals surface area contributed by atoms with Gasteiger partial charge in [-0.3, -0.25) is 15.0 Å². The third-order valence-corrected chi connectivity index (χ3v) is 6.05. The second-order valence-corrected chi connectivity index (χ2v) is 8.30. The van der Waals surface area contributed by atoms with E-state index in [0.29, 0.717) is 11.3 Å². The molecule has 1 fully saturated rings. The second kappa shape index (κ2) is 7.77. The van der Waals surface area contributed by atoms with Gasteiger partial charge in [-0.2, -0.15) is 0 Å². The molecule has 1 saturated heterocycles. The molecule has 2 aliphatic heterocycles. The van der Waals surface area contributed by atoms with Crippen LogP contribution in [0.25, 0.3) is 0 Å². The number of rotatable bonds is 4. The minimum Gasteiger partial charge on any atom is -0.497 e. The third-order valence-electron chi connectivity index (χ3n) is 6.05. The molecular formula is C22H27N3O5. The van der Waals surface area contributed by atoms with E-state index >= 15 is 0 Å². The highest BCUT2D eigenvalue weighted by Crippen LogP contribution is 2.44. The van der Waals surface area contributed by atoms with Crippen LogP contribution in [0.3, 0.4) is 0 Å². The molecule has 0 unspecified atom stereocenters. The van der Waals surface area contributed by atoms with Crippen LogP contribution in [0.15, 0.2) is 42.5 Å². The summed E-state index contributed by atoms with van der Waals surface area (Å²) in [4.78, 5) is 15.4. The molecule has 2 aromatic carbocycles. The summed E-state index contributed by atoms with van der Waals surface area (Å²) in [5.41, 5.74) is 1.01. The lowest BCUT2D eigenvalue weighted by molar-refractivity contribution is -0.385. The first-order valence-corrected chi connectivity index (χ1v) is 10.1. The zero-order valence-electron chi connectivity index (χ0n) is 17.4. The highest BCUT2D eigenvalue weighted by atomic mass is 16.6. The number of fused-ring (bicyclic) bond motifs is 1. The monoisotopic (exact) mass is 413 g/mol. The number of piperazine rings is 1. The average molecular weight is 413 g/mol. The first-order valence-electron chi connectivity index (χ1n) is 10.1. The summed E-state index contributed by atoms with van der Waals surface area (Å²) in [5.74, 6) is 1.42. The maximum Gasteiger partial charge on any atom is 0.270 e. The number of hydrogen-bond acceptors (Lipinski definition) is 7. The number of hydrogen-bond donors (Lipinski definition) is 1. The van der Waals surface area contributed by atoms with E-state index in [4.69, 9.17) is 9.47 Å². The van der Waals surface area contributed by atoms with Gasteiger partial charge in [0, 0.05) is 49.6 Å². The standard InChI is InChI=1S/C22H27N3O5/c1-22(2)21(26)20(18-14-16(25(27)28)6-9-19(18)30-22)24-12-10-23(11-13-24)15-4-7-17(29-3)8-5-15/h4-9,14,20-21,26H,10-13H2,1-3H3/t20-,21+/m1/s1. The Balaban J connectivity index is 1.57. The molecule has 8 nitrogen and oxygen atoms in total. The molecule has 0 radical (unpaired) electrons. The fraction of sp³-hybridized carbons (Fsp3) is 0.455. The van der Waals surface area contributed by atoms with Crippen LogP contribution in [0.1, 0.15) is 25.5 Å². The van der Waals surface area contributed by atoms with Gasteiger partial charge in [-0.25, -0.2) is 0 Å². The Kier molecular flexibility index (Phi) is 5.29. The van der Waals surface area contributed by atoms with Gasteiger partial charge in [-0.15, -0.1) is 0 Å². The zero-order valence-corrected chi connectivity index (χ0v) is 17.4. The maximum absolute atomic E-state index is 11.3. The van der Waals surface area contributed by atoms with Crippen LogP contribution in [0.2, 0.25) is 0 Å². The fourth-order valence-electron chi connectivity index (χ4n) is 4.32. The van der Waals surface area contributed by atoms with Gasteiger partial charge in [0.2, 0.25) is 0 Å². The molecule has 30 heavy (non-hydrogen) atoms. The van der Waals surface area contributed by atoms with Crippen molar-refractivity contribution < 1.29 is 19.5 Å². The normalized spacial score (nSPS) is 23.4. The van der Waals surface area contributed by atoms with Crippen LogP contribution in [0.4, 0.5) is 11.4 Å². The number of aliphatic hydroxyl groups is 1. The minimum absolute atomic E-state index is 0.00567. The van der Waals surface area contributed by atoms with Gasteiger partial charge in [0.05, 0.1) is 18.1 Å². The highest BCUT2D eigenvalue weighted by molar-refractivity contribution is 5.50. The van der Waals surface area contributed by atoms with Crippen LogP contribution in [-0.2, 0) is 0 Å². The number of nitrogens with zero attached hydrogens (tertiary/aromatic N) is 3. The SMILES string of the molecule is COc1ccc(N2CCN([C@@H]3c4cc([N+](=O)[O-])ccc4OC(C)(C)[C@H]3O)CC2)cc1. The lowest BCUT2D eigenvalue weighted by Gasteiger charge is -2.48. The molecule has 0 bridgehead atoms. The van der Waals surface area contributed by atoms with E-state index in [2.05, 4.69) is 9.80 Å². The van der Waals surface area contributed by atoms with E-state index in [1.165, 1.54) is 12.1 Å². The summed E-state index contributed by atoms with van der Waals surface area (Å²) >= 11 is 0. The summed E-state index contributed by atoms with van der Waals surface area (Å²) in [6, 6.07) is 12.2. The van der Waals surface area contributed by atoms with Gasteiger partial charge in [0.25, 0.3) is 5.69 Å². The lowest BCUT2D eigenvalue weighted by atomic mass is 9.85. The Morgan fingerprint density at radius 2 is 1.80 bits per heavy atom. The van der Waals surface area contributed by atoms with E-state index in [1.54, 1.807) is 13.2 Å². The molecule has 0 amide bonds. The van der Waals surface area contributed by atoms with Gasteiger partial charge in [-0.05, 0) is 44.2 Å². The van der Waals surface area contributed by atoms with Gasteiger partial charge < -0.3 is 19.5 Å². The maximum atomic E-state index is 11.3. The summed E-state index contributed by atoms with van der Waals surface area (Å²) < 4.78 is 11.2. The Hall–Kier alpha value is -2.84. The topological polar surface area (TPSA) is 88.3 Å². The van der Waals surface area contributed by atoms with Gasteiger partial charge >= 0.3 is 0 Å². The van der Waals surface area contributed by atoms with Crippen LogP contribution < -0.4 is 14.4 Å². The second-order valence-electron chi connectivity index (χ2n) is 8.30. The number of anilines is 1. The predicted molar refractivity (Wildman–Crippen MR) is 113 cm³/mol. The molecule has 2 heterocycles. The van der Waals surface area contributed by atoms with Crippen molar-refractivity contribution in [2.75, 3.05) is 38.2 Å². The van der Waals surface area contributed by atoms with Crippen molar-refractivity contribution in [3.8, 4) is 11.5 Å². The zero-order chi connectivity index (χ0) is 21.5. The van der Waals surface area contributed by atoms with Crippen molar-refractivity contribution in [3.05, 3.63) is 58.1 Å². The van der Waals surface area contributed by atoms with Crippen molar-refractivity contribution in [2.24, 2.45) is 0 Å². The molecule has 0 spiro atoms. The van der Waals surface area contributed by atoms with Crippen LogP contribution in [-0.4, -0.2) is 59.9 Å². The van der Waals surface area contributed by atoms with E-state index in [0.717, 1.165) is 37.6 Å². The van der Waals surface area contributed by atoms with E-state index in [-0.39, 0.29) is 11.7 Å². The molecule has 4 rings (SSSR count). The van der Waals surface area contributed by atoms with Crippen molar-refractivity contribution in [1.82, 2.24) is 4.90 Å². The van der Waals surface area contributed by atoms with Crippen LogP contribution in [0, 0.1) is 10.1 Å². The van der Waals surface area contributed by atoms with Crippen molar-refractivity contribution in [3.63, 3.8) is 0 Å². The number of non-ortho nitro benzene ring substituents is 1. The molecule has 2 atom stereocenters. The quantitative estimate of drug-likeness (QED) is 0.609. The summed E-state index contributed by atoms with van der Waals surface area (Å²) in [5, 5.41) is 22.4. The first kappa shape index (κ1) is 20.4. The molecule has 2 aromatic rings.